The van der Waals surface area contributed by atoms with Gasteiger partial charge in [-0.2, -0.15) is 0 Å². The molecule has 0 atom stereocenters. The highest BCUT2D eigenvalue weighted by Crippen LogP contribution is 2.26. The van der Waals surface area contributed by atoms with E-state index in [1.807, 2.05) is 0 Å². The number of aliphatic hydroxyl groups is 4. The summed E-state index contributed by atoms with van der Waals surface area (Å²) in [5, 5.41) is 35.8. The smallest absolute Gasteiger partial charge is 0.243 e. The summed E-state index contributed by atoms with van der Waals surface area (Å²) in [6, 6.07) is 0. The molecule has 0 aromatic carbocycles. The summed E-state index contributed by atoms with van der Waals surface area (Å²) in [6.45, 7) is 3.39. The highest BCUT2D eigenvalue weighted by molar-refractivity contribution is 5.32. The molecule has 0 aliphatic heterocycles. The van der Waals surface area contributed by atoms with Gasteiger partial charge in [0, 0.05) is 0 Å². The van der Waals surface area contributed by atoms with E-state index in [2.05, 4.69) is 6.92 Å². The second-order valence-corrected chi connectivity index (χ2v) is 2.50. The van der Waals surface area contributed by atoms with Gasteiger partial charge in [0.05, 0.1) is 0 Å². The van der Waals surface area contributed by atoms with E-state index < -0.39 is 11.6 Å². The molecule has 0 saturated carbocycles. The summed E-state index contributed by atoms with van der Waals surface area (Å²) < 4.78 is 0. The Labute approximate surface area is 63.7 Å². The molecule has 0 saturated heterocycles. The van der Waals surface area contributed by atoms with Crippen LogP contribution in [0.5, 0.6) is 0 Å². The van der Waals surface area contributed by atoms with Crippen LogP contribution < -0.4 is 0 Å². The molecule has 11 heavy (non-hydrogen) atoms. The minimum atomic E-state index is -2.65. The molecule has 0 bridgehead atoms. The lowest BCUT2D eigenvalue weighted by atomic mass is 9.97. The molecule has 0 aromatic heterocycles. The Kier molecular flexibility index (Phi) is 1.65. The third-order valence-electron chi connectivity index (χ3n) is 1.46. The monoisotopic (exact) mass is 157 g/mol. The quantitative estimate of drug-likeness (QED) is 0.329. The Morgan fingerprint density at radius 3 is 2.00 bits per heavy atom. The fraction of sp³-hybridized carbons (Fsp3) is 0.286. The predicted molar refractivity (Wildman–Crippen MR) is 36.9 cm³/mol. The fourth-order valence-corrected chi connectivity index (χ4v) is 0.759. The lowest BCUT2D eigenvalue weighted by Gasteiger charge is -2.32. The van der Waals surface area contributed by atoms with Gasteiger partial charge in [-0.1, -0.05) is 6.08 Å². The van der Waals surface area contributed by atoms with E-state index in [1.165, 1.54) is 6.08 Å². The van der Waals surface area contributed by atoms with Gasteiger partial charge in [0.2, 0.25) is 11.6 Å². The van der Waals surface area contributed by atoms with Gasteiger partial charge in [-0.25, -0.2) is 0 Å². The van der Waals surface area contributed by atoms with Crippen molar-refractivity contribution in [2.45, 2.75) is 11.6 Å². The summed E-state index contributed by atoms with van der Waals surface area (Å²) in [7, 11) is 0. The molecular formula is C7H9O4. The minimum absolute atomic E-state index is 0.314. The number of hydrogen-bond acceptors (Lipinski definition) is 4. The Balaban J connectivity index is 3.04. The van der Waals surface area contributed by atoms with E-state index in [9.17, 15) is 0 Å². The van der Waals surface area contributed by atoms with E-state index >= 15 is 0 Å². The largest absolute Gasteiger partial charge is 0.358 e. The van der Waals surface area contributed by atoms with Crippen molar-refractivity contribution in [3.05, 3.63) is 30.7 Å². The molecule has 0 amide bonds. The van der Waals surface area contributed by atoms with Crippen LogP contribution in [-0.4, -0.2) is 32.0 Å². The predicted octanol–water partition coefficient (Wildman–Crippen LogP) is -1.32. The van der Waals surface area contributed by atoms with Crippen LogP contribution in [0.2, 0.25) is 0 Å². The van der Waals surface area contributed by atoms with Crippen molar-refractivity contribution < 1.29 is 20.4 Å². The van der Waals surface area contributed by atoms with Crippen molar-refractivity contribution in [1.29, 1.82) is 0 Å². The van der Waals surface area contributed by atoms with E-state index in [1.54, 1.807) is 0 Å². The Bertz CT molecular complexity index is 225. The standard InChI is InChI=1S/C7H9O4/c1-5-2-3-6(8,9)7(10,11)4-5/h2-4,8-11H,1H2. The second kappa shape index (κ2) is 2.15. The summed E-state index contributed by atoms with van der Waals surface area (Å²) >= 11 is 0. The first-order chi connectivity index (χ1) is 4.85. The lowest BCUT2D eigenvalue weighted by Crippen LogP contribution is -2.52. The molecule has 4 nitrogen and oxygen atoms in total. The van der Waals surface area contributed by atoms with Crippen LogP contribution in [0.25, 0.3) is 0 Å². The third kappa shape index (κ3) is 1.34. The zero-order valence-electron chi connectivity index (χ0n) is 5.73. The average molecular weight is 157 g/mol. The van der Waals surface area contributed by atoms with Crippen molar-refractivity contribution in [3.8, 4) is 0 Å². The van der Waals surface area contributed by atoms with Crippen LogP contribution in [0.4, 0.5) is 0 Å². The zero-order valence-corrected chi connectivity index (χ0v) is 5.73. The van der Waals surface area contributed by atoms with Crippen LogP contribution >= 0.6 is 0 Å². The van der Waals surface area contributed by atoms with E-state index in [4.69, 9.17) is 20.4 Å². The van der Waals surface area contributed by atoms with Gasteiger partial charge in [-0.15, -0.1) is 0 Å². The molecule has 1 rings (SSSR count). The van der Waals surface area contributed by atoms with Crippen LogP contribution in [0.1, 0.15) is 0 Å². The van der Waals surface area contributed by atoms with Crippen molar-refractivity contribution in [1.82, 2.24) is 0 Å². The highest BCUT2D eigenvalue weighted by Gasteiger charge is 2.45. The van der Waals surface area contributed by atoms with E-state index in [0.717, 1.165) is 12.2 Å². The van der Waals surface area contributed by atoms with Gasteiger partial charge in [0.25, 0.3) is 0 Å². The maximum atomic E-state index is 8.96. The SMILES string of the molecule is [CH2]C1=CC(O)(O)C(O)(O)C=C1. The molecular weight excluding hydrogens is 148 g/mol. The fourth-order valence-electron chi connectivity index (χ4n) is 0.759. The summed E-state index contributed by atoms with van der Waals surface area (Å²) in [4.78, 5) is 0. The van der Waals surface area contributed by atoms with Crippen molar-refractivity contribution in [3.63, 3.8) is 0 Å². The van der Waals surface area contributed by atoms with Gasteiger partial charge < -0.3 is 20.4 Å². The molecule has 0 unspecified atom stereocenters. The van der Waals surface area contributed by atoms with Crippen molar-refractivity contribution >= 4 is 0 Å². The molecule has 0 fully saturated rings. The lowest BCUT2D eigenvalue weighted by molar-refractivity contribution is -0.308. The summed E-state index contributed by atoms with van der Waals surface area (Å²) in [6.07, 6.45) is 2.99. The Hall–Kier alpha value is -0.680. The van der Waals surface area contributed by atoms with Crippen LogP contribution in [0, 0.1) is 6.92 Å². The molecule has 0 spiro atoms. The third-order valence-corrected chi connectivity index (χ3v) is 1.46. The molecule has 0 aromatic rings. The van der Waals surface area contributed by atoms with Gasteiger partial charge in [-0.05, 0) is 24.6 Å². The first-order valence-corrected chi connectivity index (χ1v) is 2.99. The number of allylic oxidation sites excluding steroid dienone is 2. The molecule has 1 aliphatic rings. The molecule has 4 N–H and O–H groups in total. The maximum absolute atomic E-state index is 8.96. The van der Waals surface area contributed by atoms with Crippen molar-refractivity contribution in [2.24, 2.45) is 0 Å². The van der Waals surface area contributed by atoms with Crippen LogP contribution in [0.15, 0.2) is 23.8 Å². The minimum Gasteiger partial charge on any atom is -0.358 e. The van der Waals surface area contributed by atoms with E-state index in [0.29, 0.717) is 5.57 Å². The number of hydrogen-bond donors (Lipinski definition) is 4. The van der Waals surface area contributed by atoms with Crippen molar-refractivity contribution in [2.75, 3.05) is 0 Å². The summed E-state index contributed by atoms with van der Waals surface area (Å²) in [5.41, 5.74) is 0.314. The van der Waals surface area contributed by atoms with Gasteiger partial charge in [0.1, 0.15) is 0 Å². The van der Waals surface area contributed by atoms with Gasteiger partial charge >= 0.3 is 0 Å². The molecule has 1 radical (unpaired) electrons. The zero-order chi connectivity index (χ0) is 8.70. The highest BCUT2D eigenvalue weighted by atomic mass is 16.6. The van der Waals surface area contributed by atoms with Crippen LogP contribution in [-0.2, 0) is 0 Å². The average Bonchev–Trinajstić information content (AvgIpc) is 1.80. The molecule has 1 aliphatic carbocycles. The van der Waals surface area contributed by atoms with E-state index in [-0.39, 0.29) is 0 Å². The molecule has 0 heterocycles. The topological polar surface area (TPSA) is 80.9 Å². The molecule has 4 heteroatoms. The number of rotatable bonds is 0. The Morgan fingerprint density at radius 1 is 1.09 bits per heavy atom. The van der Waals surface area contributed by atoms with Gasteiger partial charge in [-0.3, -0.25) is 0 Å². The van der Waals surface area contributed by atoms with Gasteiger partial charge in [0.15, 0.2) is 0 Å². The first kappa shape index (κ1) is 8.42. The molecule has 61 valence electrons. The maximum Gasteiger partial charge on any atom is 0.243 e. The van der Waals surface area contributed by atoms with Crippen LogP contribution in [0.3, 0.4) is 0 Å². The second-order valence-electron chi connectivity index (χ2n) is 2.50. The Morgan fingerprint density at radius 2 is 1.64 bits per heavy atom. The summed E-state index contributed by atoms with van der Waals surface area (Å²) in [5.74, 6) is -5.28. The normalized spacial score (nSPS) is 26.5. The first-order valence-electron chi connectivity index (χ1n) is 2.99.